The highest BCUT2D eigenvalue weighted by Crippen LogP contribution is 2.25. The molecule has 1 fully saturated rings. The van der Waals surface area contributed by atoms with Crippen molar-refractivity contribution >= 4 is 10.0 Å². The van der Waals surface area contributed by atoms with Crippen molar-refractivity contribution in [3.05, 3.63) is 35.4 Å². The number of sulfonamides is 1. The van der Waals surface area contributed by atoms with Gasteiger partial charge in [-0.1, -0.05) is 12.1 Å². The van der Waals surface area contributed by atoms with Crippen molar-refractivity contribution in [2.75, 3.05) is 20.3 Å². The first kappa shape index (κ1) is 15.0. The average Bonchev–Trinajstić information content (AvgIpc) is 2.48. The quantitative estimate of drug-likeness (QED) is 0.900. The van der Waals surface area contributed by atoms with E-state index in [1.807, 2.05) is 12.1 Å². The molecule has 0 aliphatic carbocycles. The van der Waals surface area contributed by atoms with Crippen molar-refractivity contribution < 1.29 is 13.2 Å². The van der Waals surface area contributed by atoms with Crippen LogP contribution >= 0.6 is 0 Å². The normalized spacial score (nSPS) is 23.2. The van der Waals surface area contributed by atoms with Gasteiger partial charge in [0.25, 0.3) is 0 Å². The monoisotopic (exact) mass is 294 g/mol. The van der Waals surface area contributed by atoms with Crippen molar-refractivity contribution in [2.45, 2.75) is 18.1 Å². The van der Waals surface area contributed by atoms with Crippen LogP contribution in [-0.2, 0) is 21.2 Å². The van der Waals surface area contributed by atoms with E-state index in [4.69, 9.17) is 10.00 Å². The summed E-state index contributed by atoms with van der Waals surface area (Å²) < 4.78 is 31.9. The zero-order chi connectivity index (χ0) is 14.6. The Morgan fingerprint density at radius 2 is 2.10 bits per heavy atom. The van der Waals surface area contributed by atoms with Gasteiger partial charge in [0.1, 0.15) is 0 Å². The standard InChI is InChI=1S/C14H18N2O3S/c1-16-20(17,18)14-6-7-19-10-13(14)8-11-2-4-12(9-15)5-3-11/h2-5,13-14,16H,6-8,10H2,1H3/t13-,14+/m0/s1. The molecule has 0 bridgehead atoms. The van der Waals surface area contributed by atoms with Gasteiger partial charge in [0.2, 0.25) is 10.0 Å². The van der Waals surface area contributed by atoms with E-state index in [2.05, 4.69) is 10.8 Å². The predicted octanol–water partition coefficient (Wildman–Crippen LogP) is 1.06. The highest BCUT2D eigenvalue weighted by Gasteiger charge is 2.35. The van der Waals surface area contributed by atoms with Crippen LogP contribution in [0.1, 0.15) is 17.5 Å². The number of nitriles is 1. The van der Waals surface area contributed by atoms with Crippen LogP contribution < -0.4 is 4.72 Å². The summed E-state index contributed by atoms with van der Waals surface area (Å²) >= 11 is 0. The second-order valence-electron chi connectivity index (χ2n) is 4.92. The Hall–Kier alpha value is -1.42. The Balaban J connectivity index is 2.14. The third-order valence-corrected chi connectivity index (χ3v) is 5.66. The molecule has 108 valence electrons. The summed E-state index contributed by atoms with van der Waals surface area (Å²) in [5.41, 5.74) is 1.63. The summed E-state index contributed by atoms with van der Waals surface area (Å²) in [6.07, 6.45) is 1.15. The Bertz CT molecular complexity index is 590. The molecule has 1 N–H and O–H groups in total. The van der Waals surface area contributed by atoms with Crippen LogP contribution in [0.3, 0.4) is 0 Å². The Morgan fingerprint density at radius 1 is 1.40 bits per heavy atom. The number of nitrogens with zero attached hydrogens (tertiary/aromatic N) is 1. The first-order valence-corrected chi connectivity index (χ1v) is 8.10. The molecule has 1 aliphatic rings. The molecule has 1 saturated heterocycles. The fourth-order valence-electron chi connectivity index (χ4n) is 2.55. The smallest absolute Gasteiger partial charge is 0.214 e. The summed E-state index contributed by atoms with van der Waals surface area (Å²) in [4.78, 5) is 0. The van der Waals surface area contributed by atoms with Crippen molar-refractivity contribution in [1.82, 2.24) is 4.72 Å². The molecule has 6 heteroatoms. The van der Waals surface area contributed by atoms with Gasteiger partial charge < -0.3 is 4.74 Å². The second-order valence-corrected chi connectivity index (χ2v) is 7.03. The number of nitrogens with one attached hydrogen (secondary N) is 1. The molecule has 5 nitrogen and oxygen atoms in total. The van der Waals surface area contributed by atoms with Crippen molar-refractivity contribution in [3.63, 3.8) is 0 Å². The lowest BCUT2D eigenvalue weighted by Gasteiger charge is -2.31. The zero-order valence-corrected chi connectivity index (χ0v) is 12.2. The van der Waals surface area contributed by atoms with E-state index in [1.54, 1.807) is 12.1 Å². The number of ether oxygens (including phenoxy) is 1. The molecular formula is C14H18N2O3S. The Morgan fingerprint density at radius 3 is 2.70 bits per heavy atom. The van der Waals surface area contributed by atoms with Gasteiger partial charge in [-0.3, -0.25) is 0 Å². The molecule has 1 aliphatic heterocycles. The van der Waals surface area contributed by atoms with Crippen LogP contribution in [0.4, 0.5) is 0 Å². The Kier molecular flexibility index (Phi) is 4.76. The number of hydrogen-bond acceptors (Lipinski definition) is 4. The molecular weight excluding hydrogens is 276 g/mol. The highest BCUT2D eigenvalue weighted by molar-refractivity contribution is 7.90. The van der Waals surface area contributed by atoms with E-state index in [9.17, 15) is 8.42 Å². The summed E-state index contributed by atoms with van der Waals surface area (Å²) in [7, 11) is -1.84. The van der Waals surface area contributed by atoms with E-state index in [0.29, 0.717) is 31.6 Å². The van der Waals surface area contributed by atoms with Gasteiger partial charge in [-0.2, -0.15) is 5.26 Å². The summed E-state index contributed by atoms with van der Waals surface area (Å²) in [5, 5.41) is 8.35. The summed E-state index contributed by atoms with van der Waals surface area (Å²) in [6, 6.07) is 9.31. The molecule has 2 rings (SSSR count). The molecule has 0 unspecified atom stereocenters. The topological polar surface area (TPSA) is 79.2 Å². The van der Waals surface area contributed by atoms with Crippen LogP contribution in [0.2, 0.25) is 0 Å². The number of benzene rings is 1. The van der Waals surface area contributed by atoms with E-state index in [-0.39, 0.29) is 5.92 Å². The molecule has 20 heavy (non-hydrogen) atoms. The van der Waals surface area contributed by atoms with Crippen molar-refractivity contribution in [3.8, 4) is 6.07 Å². The van der Waals surface area contributed by atoms with Gasteiger partial charge in [-0.25, -0.2) is 13.1 Å². The molecule has 1 heterocycles. The molecule has 0 spiro atoms. The second kappa shape index (κ2) is 6.35. The van der Waals surface area contributed by atoms with E-state index in [1.165, 1.54) is 7.05 Å². The highest BCUT2D eigenvalue weighted by atomic mass is 32.2. The predicted molar refractivity (Wildman–Crippen MR) is 75.6 cm³/mol. The molecule has 0 radical (unpaired) electrons. The maximum absolute atomic E-state index is 12.0. The van der Waals surface area contributed by atoms with E-state index in [0.717, 1.165) is 5.56 Å². The Labute approximate surface area is 119 Å². The minimum Gasteiger partial charge on any atom is -0.381 e. The van der Waals surface area contributed by atoms with Crippen LogP contribution in [-0.4, -0.2) is 33.9 Å². The third kappa shape index (κ3) is 3.37. The third-order valence-electron chi connectivity index (χ3n) is 3.67. The molecule has 0 aromatic heterocycles. The van der Waals surface area contributed by atoms with Crippen LogP contribution in [0.25, 0.3) is 0 Å². The average molecular weight is 294 g/mol. The first-order chi connectivity index (χ1) is 9.56. The SMILES string of the molecule is CNS(=O)(=O)[C@@H]1CCOC[C@@H]1Cc1ccc(C#N)cc1. The lowest BCUT2D eigenvalue weighted by molar-refractivity contribution is 0.0570. The summed E-state index contributed by atoms with van der Waals surface area (Å²) in [5.74, 6) is -0.0610. The molecule has 1 aromatic carbocycles. The minimum atomic E-state index is -3.29. The van der Waals surface area contributed by atoms with Crippen LogP contribution in [0.15, 0.2) is 24.3 Å². The van der Waals surface area contributed by atoms with Crippen LogP contribution in [0, 0.1) is 17.2 Å². The minimum absolute atomic E-state index is 0.0610. The lowest BCUT2D eigenvalue weighted by atomic mass is 9.93. The van der Waals surface area contributed by atoms with Gasteiger partial charge in [-0.15, -0.1) is 0 Å². The first-order valence-electron chi connectivity index (χ1n) is 6.56. The van der Waals surface area contributed by atoms with Gasteiger partial charge >= 0.3 is 0 Å². The van der Waals surface area contributed by atoms with Gasteiger partial charge in [0, 0.05) is 12.5 Å². The molecule has 0 amide bonds. The van der Waals surface area contributed by atoms with Gasteiger partial charge in [-0.05, 0) is 37.6 Å². The van der Waals surface area contributed by atoms with Gasteiger partial charge in [0.15, 0.2) is 0 Å². The van der Waals surface area contributed by atoms with E-state index < -0.39 is 15.3 Å². The molecule has 2 atom stereocenters. The summed E-state index contributed by atoms with van der Waals surface area (Å²) in [6.45, 7) is 0.932. The fourth-order valence-corrected chi connectivity index (χ4v) is 3.94. The lowest BCUT2D eigenvalue weighted by Crippen LogP contribution is -2.43. The van der Waals surface area contributed by atoms with Crippen LogP contribution in [0.5, 0.6) is 0 Å². The number of hydrogen-bond donors (Lipinski definition) is 1. The molecule has 1 aromatic rings. The van der Waals surface area contributed by atoms with Crippen molar-refractivity contribution in [1.29, 1.82) is 5.26 Å². The maximum atomic E-state index is 12.0. The zero-order valence-electron chi connectivity index (χ0n) is 11.4. The molecule has 0 saturated carbocycles. The largest absolute Gasteiger partial charge is 0.381 e. The maximum Gasteiger partial charge on any atom is 0.214 e. The van der Waals surface area contributed by atoms with E-state index >= 15 is 0 Å². The number of rotatable bonds is 4. The fraction of sp³-hybridized carbons (Fsp3) is 0.500. The van der Waals surface area contributed by atoms with Crippen molar-refractivity contribution in [2.24, 2.45) is 5.92 Å². The van der Waals surface area contributed by atoms with Gasteiger partial charge in [0.05, 0.1) is 23.5 Å².